The lowest BCUT2D eigenvalue weighted by molar-refractivity contribution is -0.141. The normalized spacial score (nSPS) is 19.2. The topological polar surface area (TPSA) is 57.6 Å². The third kappa shape index (κ3) is 2.41. The highest BCUT2D eigenvalue weighted by Gasteiger charge is 2.31. The van der Waals surface area contributed by atoms with Crippen molar-refractivity contribution in [2.24, 2.45) is 5.92 Å². The Morgan fingerprint density at radius 2 is 2.28 bits per heavy atom. The molecule has 1 amide bonds. The Balaban J connectivity index is 2.10. The van der Waals surface area contributed by atoms with Crippen LogP contribution in [0.3, 0.4) is 0 Å². The Morgan fingerprint density at radius 3 is 2.78 bits per heavy atom. The van der Waals surface area contributed by atoms with Gasteiger partial charge in [-0.3, -0.25) is 9.59 Å². The number of aliphatic carboxylic acids is 1. The number of nitrogens with zero attached hydrogens (tertiary/aromatic N) is 1. The molecule has 0 aromatic carbocycles. The standard InChI is InChI=1S/C13H17NO3S/c1-3-9-6-11(18-8(9)2)12(15)14-5-4-10(7-14)13(16)17/h6,10H,3-5,7H2,1-2H3,(H,16,17)/t10-/m0/s1. The zero-order valence-corrected chi connectivity index (χ0v) is 11.4. The van der Waals surface area contributed by atoms with Crippen LogP contribution < -0.4 is 0 Å². The molecule has 0 spiro atoms. The van der Waals surface area contributed by atoms with Gasteiger partial charge >= 0.3 is 5.97 Å². The van der Waals surface area contributed by atoms with Crippen molar-refractivity contribution in [1.82, 2.24) is 4.90 Å². The molecular weight excluding hydrogens is 250 g/mol. The number of hydrogen-bond donors (Lipinski definition) is 1. The maximum atomic E-state index is 12.2. The molecule has 1 N–H and O–H groups in total. The maximum Gasteiger partial charge on any atom is 0.308 e. The van der Waals surface area contributed by atoms with E-state index in [-0.39, 0.29) is 5.91 Å². The van der Waals surface area contributed by atoms with E-state index in [1.54, 1.807) is 4.90 Å². The summed E-state index contributed by atoms with van der Waals surface area (Å²) >= 11 is 1.50. The van der Waals surface area contributed by atoms with Crippen molar-refractivity contribution in [3.05, 3.63) is 21.4 Å². The highest BCUT2D eigenvalue weighted by Crippen LogP contribution is 2.26. The molecule has 0 saturated carbocycles. The van der Waals surface area contributed by atoms with Crippen molar-refractivity contribution in [1.29, 1.82) is 0 Å². The zero-order chi connectivity index (χ0) is 13.3. The minimum atomic E-state index is -0.804. The minimum absolute atomic E-state index is 0.0217. The van der Waals surface area contributed by atoms with E-state index >= 15 is 0 Å². The third-order valence-electron chi connectivity index (χ3n) is 3.44. The summed E-state index contributed by atoms with van der Waals surface area (Å²) in [5.41, 5.74) is 1.21. The summed E-state index contributed by atoms with van der Waals surface area (Å²) in [5, 5.41) is 8.93. The first-order chi connectivity index (χ1) is 8.52. The minimum Gasteiger partial charge on any atom is -0.481 e. The molecule has 98 valence electrons. The fourth-order valence-electron chi connectivity index (χ4n) is 2.28. The van der Waals surface area contributed by atoms with Crippen molar-refractivity contribution in [3.8, 4) is 0 Å². The lowest BCUT2D eigenvalue weighted by Crippen LogP contribution is -2.29. The predicted molar refractivity (Wildman–Crippen MR) is 70.1 cm³/mol. The molecule has 1 fully saturated rings. The first-order valence-corrected chi connectivity index (χ1v) is 6.96. The van der Waals surface area contributed by atoms with Crippen LogP contribution in [0.4, 0.5) is 0 Å². The Labute approximate surface area is 110 Å². The van der Waals surface area contributed by atoms with Crippen LogP contribution in [0.25, 0.3) is 0 Å². The molecule has 1 aromatic heterocycles. The molecule has 2 rings (SSSR count). The largest absolute Gasteiger partial charge is 0.481 e. The molecule has 2 heterocycles. The van der Waals surface area contributed by atoms with E-state index < -0.39 is 11.9 Å². The van der Waals surface area contributed by atoms with Crippen molar-refractivity contribution in [2.45, 2.75) is 26.7 Å². The van der Waals surface area contributed by atoms with Crippen LogP contribution in [0, 0.1) is 12.8 Å². The Kier molecular flexibility index (Phi) is 3.71. The number of carboxylic acid groups (broad SMARTS) is 1. The molecule has 0 unspecified atom stereocenters. The van der Waals surface area contributed by atoms with Gasteiger partial charge in [0.25, 0.3) is 5.91 Å². The van der Waals surface area contributed by atoms with Crippen LogP contribution in [-0.2, 0) is 11.2 Å². The number of hydrogen-bond acceptors (Lipinski definition) is 3. The molecular formula is C13H17NO3S. The van der Waals surface area contributed by atoms with Crippen LogP contribution in [0.2, 0.25) is 0 Å². The highest BCUT2D eigenvalue weighted by atomic mass is 32.1. The zero-order valence-electron chi connectivity index (χ0n) is 10.6. The van der Waals surface area contributed by atoms with E-state index in [9.17, 15) is 9.59 Å². The molecule has 1 atom stereocenters. The number of aryl methyl sites for hydroxylation is 2. The van der Waals surface area contributed by atoms with Crippen LogP contribution in [0.15, 0.2) is 6.07 Å². The van der Waals surface area contributed by atoms with Crippen LogP contribution in [0.1, 0.15) is 33.5 Å². The summed E-state index contributed by atoms with van der Waals surface area (Å²) in [4.78, 5) is 26.7. The lowest BCUT2D eigenvalue weighted by atomic mass is 10.1. The molecule has 1 aliphatic rings. The summed E-state index contributed by atoms with van der Waals surface area (Å²) in [6.45, 7) is 4.98. The Bertz CT molecular complexity index is 481. The van der Waals surface area contributed by atoms with E-state index in [4.69, 9.17) is 5.11 Å². The second-order valence-corrected chi connectivity index (χ2v) is 5.88. The van der Waals surface area contributed by atoms with E-state index in [2.05, 4.69) is 6.92 Å². The fraction of sp³-hybridized carbons (Fsp3) is 0.538. The summed E-state index contributed by atoms with van der Waals surface area (Å²) in [6.07, 6.45) is 1.49. The summed E-state index contributed by atoms with van der Waals surface area (Å²) < 4.78 is 0. The SMILES string of the molecule is CCc1cc(C(=O)N2CC[C@H](C(=O)O)C2)sc1C. The molecule has 0 aliphatic carbocycles. The van der Waals surface area contributed by atoms with Gasteiger partial charge in [-0.15, -0.1) is 11.3 Å². The molecule has 1 aliphatic heterocycles. The van der Waals surface area contributed by atoms with Gasteiger partial charge in [0, 0.05) is 18.0 Å². The van der Waals surface area contributed by atoms with Gasteiger partial charge in [-0.1, -0.05) is 6.92 Å². The van der Waals surface area contributed by atoms with Crippen molar-refractivity contribution >= 4 is 23.2 Å². The quantitative estimate of drug-likeness (QED) is 0.913. The van der Waals surface area contributed by atoms with E-state index in [1.807, 2.05) is 13.0 Å². The van der Waals surface area contributed by atoms with Crippen molar-refractivity contribution < 1.29 is 14.7 Å². The highest BCUT2D eigenvalue weighted by molar-refractivity contribution is 7.14. The molecule has 1 aromatic rings. The first kappa shape index (κ1) is 13.1. The number of carbonyl (C=O) groups excluding carboxylic acids is 1. The molecule has 0 bridgehead atoms. The monoisotopic (exact) mass is 267 g/mol. The number of thiophene rings is 1. The number of likely N-dealkylation sites (tertiary alicyclic amines) is 1. The van der Waals surface area contributed by atoms with Crippen LogP contribution in [-0.4, -0.2) is 35.0 Å². The van der Waals surface area contributed by atoms with Gasteiger partial charge in [0.05, 0.1) is 10.8 Å². The van der Waals surface area contributed by atoms with Crippen LogP contribution in [0.5, 0.6) is 0 Å². The maximum absolute atomic E-state index is 12.2. The summed E-state index contributed by atoms with van der Waals surface area (Å²) in [7, 11) is 0. The van der Waals surface area contributed by atoms with Gasteiger partial charge in [0.15, 0.2) is 0 Å². The summed E-state index contributed by atoms with van der Waals surface area (Å²) in [6, 6.07) is 1.94. The average molecular weight is 267 g/mol. The van der Waals surface area contributed by atoms with Gasteiger partial charge in [-0.25, -0.2) is 0 Å². The molecule has 18 heavy (non-hydrogen) atoms. The molecule has 4 nitrogen and oxygen atoms in total. The Morgan fingerprint density at radius 1 is 1.56 bits per heavy atom. The predicted octanol–water partition coefficient (Wildman–Crippen LogP) is 2.17. The van der Waals surface area contributed by atoms with E-state index in [0.717, 1.165) is 11.3 Å². The lowest BCUT2D eigenvalue weighted by Gasteiger charge is -2.14. The first-order valence-electron chi connectivity index (χ1n) is 6.14. The fourth-order valence-corrected chi connectivity index (χ4v) is 3.36. The number of amides is 1. The molecule has 5 heteroatoms. The molecule has 1 saturated heterocycles. The van der Waals surface area contributed by atoms with Crippen molar-refractivity contribution in [3.63, 3.8) is 0 Å². The molecule has 0 radical (unpaired) electrons. The van der Waals surface area contributed by atoms with Gasteiger partial charge in [0.2, 0.25) is 0 Å². The number of carbonyl (C=O) groups is 2. The number of carboxylic acids is 1. The van der Waals surface area contributed by atoms with E-state index in [0.29, 0.717) is 19.5 Å². The third-order valence-corrected chi connectivity index (χ3v) is 4.52. The van der Waals surface area contributed by atoms with Gasteiger partial charge in [0.1, 0.15) is 0 Å². The summed E-state index contributed by atoms with van der Waals surface area (Å²) in [5.74, 6) is -1.23. The second-order valence-electron chi connectivity index (χ2n) is 4.62. The van der Waals surface area contributed by atoms with Gasteiger partial charge < -0.3 is 10.0 Å². The van der Waals surface area contributed by atoms with Gasteiger partial charge in [-0.05, 0) is 31.4 Å². The van der Waals surface area contributed by atoms with Crippen LogP contribution >= 0.6 is 11.3 Å². The van der Waals surface area contributed by atoms with E-state index in [1.165, 1.54) is 21.8 Å². The second kappa shape index (κ2) is 5.10. The van der Waals surface area contributed by atoms with Gasteiger partial charge in [-0.2, -0.15) is 0 Å². The average Bonchev–Trinajstić information content (AvgIpc) is 2.94. The smallest absolute Gasteiger partial charge is 0.308 e. The van der Waals surface area contributed by atoms with Crippen molar-refractivity contribution in [2.75, 3.05) is 13.1 Å². The number of rotatable bonds is 3. The Hall–Kier alpha value is -1.36.